The number of ether oxygens (including phenoxy) is 2. The van der Waals surface area contributed by atoms with Crippen LogP contribution in [-0.2, 0) is 16.0 Å². The van der Waals surface area contributed by atoms with Crippen LogP contribution >= 0.6 is 0 Å². The van der Waals surface area contributed by atoms with Gasteiger partial charge in [-0.2, -0.15) is 0 Å². The number of hydrogen-bond donors (Lipinski definition) is 1. The van der Waals surface area contributed by atoms with Gasteiger partial charge in [0.15, 0.2) is 0 Å². The van der Waals surface area contributed by atoms with Gasteiger partial charge in [0, 0.05) is 44.3 Å². The van der Waals surface area contributed by atoms with Gasteiger partial charge in [-0.25, -0.2) is 9.59 Å². The topological polar surface area (TPSA) is 71.1 Å². The predicted molar refractivity (Wildman–Crippen MR) is 162 cm³/mol. The largest absolute Gasteiger partial charge is 1.00 e. The molecule has 0 radical (unpaired) electrons. The third-order valence-corrected chi connectivity index (χ3v) is 7.87. The molecule has 3 aromatic rings. The van der Waals surface area contributed by atoms with E-state index in [9.17, 15) is 22.5 Å². The normalized spacial score (nSPS) is 15.2. The van der Waals surface area contributed by atoms with Crippen LogP contribution in [0.1, 0.15) is 48.9 Å². The molecule has 7 nitrogen and oxygen atoms in total. The number of benzene rings is 3. The average Bonchev–Trinajstić information content (AvgIpc) is 3.26. The van der Waals surface area contributed by atoms with Crippen LogP contribution in [0.15, 0.2) is 60.7 Å². The molecule has 1 aliphatic carbocycles. The molecule has 5 rings (SSSR count). The first-order valence-corrected chi connectivity index (χ1v) is 14.5. The number of nitrogens with zero attached hydrogens (tertiary/aromatic N) is 2. The zero-order valence-electron chi connectivity index (χ0n) is 25.8. The number of piperazine rings is 1. The summed E-state index contributed by atoms with van der Waals surface area (Å²) in [5.41, 5.74) is 3.32. The Morgan fingerprint density at radius 1 is 0.932 bits per heavy atom. The fourth-order valence-corrected chi connectivity index (χ4v) is 5.78. The van der Waals surface area contributed by atoms with Crippen molar-refractivity contribution in [1.29, 1.82) is 0 Å². The molecule has 1 fully saturated rings. The van der Waals surface area contributed by atoms with Crippen molar-refractivity contribution in [2.45, 2.75) is 45.8 Å². The molecule has 12 heteroatoms. The van der Waals surface area contributed by atoms with E-state index in [0.29, 0.717) is 31.7 Å². The van der Waals surface area contributed by atoms with Crippen molar-refractivity contribution in [1.82, 2.24) is 9.80 Å². The summed E-state index contributed by atoms with van der Waals surface area (Å²) in [6, 6.07) is 18.6. The molecule has 44 heavy (non-hydrogen) atoms. The molecule has 1 heterocycles. The van der Waals surface area contributed by atoms with E-state index in [1.165, 1.54) is 6.92 Å². The molecule has 0 bridgehead atoms. The minimum atomic E-state index is -5.32. The maximum absolute atomic E-state index is 14.1. The van der Waals surface area contributed by atoms with Crippen LogP contribution in [0.4, 0.5) is 28.2 Å². The zero-order valence-corrected chi connectivity index (χ0v) is 29.0. The van der Waals surface area contributed by atoms with Gasteiger partial charge < -0.3 is 27.3 Å². The van der Waals surface area contributed by atoms with Crippen molar-refractivity contribution in [3.63, 3.8) is 0 Å². The van der Waals surface area contributed by atoms with Crippen LogP contribution in [0.2, 0.25) is 0 Å². The fraction of sp³-hybridized carbons (Fsp3) is 0.375. The Bertz CT molecular complexity index is 1480. The Hall–Kier alpha value is -2.35. The van der Waals surface area contributed by atoms with Gasteiger partial charge in [0.2, 0.25) is 0 Å². The monoisotopic (exact) mass is 633 g/mol. The quantitative estimate of drug-likeness (QED) is 0.422. The second-order valence-corrected chi connectivity index (χ2v) is 12.1. The first-order valence-electron chi connectivity index (χ1n) is 14.5. The number of hydrogen-bond acceptors (Lipinski definition) is 5. The van der Waals surface area contributed by atoms with E-state index >= 15 is 0 Å². The van der Waals surface area contributed by atoms with Crippen molar-refractivity contribution < 1.29 is 83.4 Å². The summed E-state index contributed by atoms with van der Waals surface area (Å²) in [5, 5.41) is 2.58. The number of nitrogens with one attached hydrogen (secondary N) is 1. The van der Waals surface area contributed by atoms with Gasteiger partial charge in [-0.05, 0) is 61.6 Å². The van der Waals surface area contributed by atoms with Gasteiger partial charge in [-0.1, -0.05) is 60.2 Å². The van der Waals surface area contributed by atoms with Crippen molar-refractivity contribution in [2.75, 3.05) is 38.1 Å². The SMILES string of the molecule is Cc1c(NC(=O)OCC2c3ccccc3-c3ccccc32)cc(CN2CCN(C(=O)OC(C)(C)C)CC2)cc1[B-](F)(F)F.[K+]. The van der Waals surface area contributed by atoms with Crippen molar-refractivity contribution in [3.8, 4) is 11.1 Å². The third kappa shape index (κ3) is 8.07. The first kappa shape index (κ1) is 34.5. The van der Waals surface area contributed by atoms with E-state index in [-0.39, 0.29) is 81.7 Å². The van der Waals surface area contributed by atoms with Gasteiger partial charge in [0.1, 0.15) is 12.2 Å². The Labute approximate surface area is 298 Å². The molecule has 2 aliphatic rings. The molecule has 2 amide bonds. The molecule has 1 N–H and O–H groups in total. The molecule has 228 valence electrons. The molecule has 0 atom stereocenters. The van der Waals surface area contributed by atoms with E-state index in [2.05, 4.69) is 5.32 Å². The molecular weight excluding hydrogens is 597 g/mol. The van der Waals surface area contributed by atoms with Gasteiger partial charge in [0.25, 0.3) is 0 Å². The summed E-state index contributed by atoms with van der Waals surface area (Å²) in [6.45, 7) is 3.48. The molecule has 0 spiro atoms. The second kappa shape index (κ2) is 14.0. The van der Waals surface area contributed by atoms with Gasteiger partial charge in [0.05, 0.1) is 0 Å². The number of fused-ring (bicyclic) bond motifs is 3. The van der Waals surface area contributed by atoms with Crippen molar-refractivity contribution >= 4 is 30.3 Å². The molecule has 1 aliphatic heterocycles. The summed E-state index contributed by atoms with van der Waals surface area (Å²) in [5.74, 6) is -0.168. The molecule has 1 saturated heterocycles. The van der Waals surface area contributed by atoms with Crippen LogP contribution in [0.5, 0.6) is 0 Å². The summed E-state index contributed by atoms with van der Waals surface area (Å²) >= 11 is 0. The van der Waals surface area contributed by atoms with E-state index in [1.54, 1.807) is 31.7 Å². The fourth-order valence-electron chi connectivity index (χ4n) is 5.78. The average molecular weight is 634 g/mol. The van der Waals surface area contributed by atoms with Gasteiger partial charge in [-0.3, -0.25) is 10.2 Å². The van der Waals surface area contributed by atoms with Crippen LogP contribution in [0.3, 0.4) is 0 Å². The molecular formula is C32H36BF3KN3O4. The Kier molecular flexibility index (Phi) is 11.0. The standard InChI is InChI=1S/C32H36BF3N3O4.K/c1-21-28(33(34,35)36)17-22(19-38-13-15-39(16-14-38)31(41)43-32(2,3)4)18-29(21)37-30(40)42-20-27-25-11-7-5-9-23(25)24-10-6-8-12-26(24)27;/h5-12,17-18,27H,13-16,19-20H2,1-4H3,(H,37,40);/q-1;+1. The molecule has 0 aromatic heterocycles. The number of carbonyl (C=O) groups excluding carboxylic acids is 2. The number of amides is 2. The molecule has 0 saturated carbocycles. The number of carbonyl (C=O) groups is 2. The van der Waals surface area contributed by atoms with Crippen LogP contribution < -0.4 is 62.2 Å². The molecule has 0 unspecified atom stereocenters. The maximum Gasteiger partial charge on any atom is 1.00 e. The second-order valence-electron chi connectivity index (χ2n) is 12.1. The van der Waals surface area contributed by atoms with E-state index < -0.39 is 30.2 Å². The third-order valence-electron chi connectivity index (χ3n) is 7.87. The summed E-state index contributed by atoms with van der Waals surface area (Å²) in [6.07, 6.45) is -1.21. The van der Waals surface area contributed by atoms with E-state index in [4.69, 9.17) is 9.47 Å². The van der Waals surface area contributed by atoms with Crippen LogP contribution in [0, 0.1) is 6.92 Å². The smallest absolute Gasteiger partial charge is 0.448 e. The molecule has 3 aromatic carbocycles. The summed E-state index contributed by atoms with van der Waals surface area (Å²) < 4.78 is 53.3. The Morgan fingerprint density at radius 3 is 2.05 bits per heavy atom. The van der Waals surface area contributed by atoms with Gasteiger partial charge in [-0.15, -0.1) is 5.46 Å². The van der Waals surface area contributed by atoms with E-state index in [1.807, 2.05) is 53.4 Å². The first-order chi connectivity index (χ1) is 20.3. The summed E-state index contributed by atoms with van der Waals surface area (Å²) in [7, 11) is 0. The van der Waals surface area contributed by atoms with Gasteiger partial charge >= 0.3 is 70.5 Å². The predicted octanol–water partition coefficient (Wildman–Crippen LogP) is 3.47. The van der Waals surface area contributed by atoms with Crippen molar-refractivity contribution in [2.24, 2.45) is 0 Å². The summed E-state index contributed by atoms with van der Waals surface area (Å²) in [4.78, 5) is 28.9. The van der Waals surface area contributed by atoms with Crippen LogP contribution in [0.25, 0.3) is 11.1 Å². The minimum absolute atomic E-state index is 0. The minimum Gasteiger partial charge on any atom is -0.448 e. The Morgan fingerprint density at radius 2 is 1.50 bits per heavy atom. The van der Waals surface area contributed by atoms with Crippen LogP contribution in [-0.4, -0.2) is 67.4 Å². The zero-order chi connectivity index (χ0) is 30.9. The van der Waals surface area contributed by atoms with E-state index in [0.717, 1.165) is 28.3 Å². The number of anilines is 1. The Balaban J connectivity index is 0.00000442. The number of rotatable bonds is 6. The maximum atomic E-state index is 14.1. The van der Waals surface area contributed by atoms with Crippen molar-refractivity contribution in [3.05, 3.63) is 82.9 Å². The number of halogens is 3.